The minimum absolute atomic E-state index is 0.229. The molecule has 0 aliphatic heterocycles. The normalized spacial score (nSPS) is 27.1. The van der Waals surface area contributed by atoms with Gasteiger partial charge < -0.3 is 5.32 Å². The van der Waals surface area contributed by atoms with E-state index >= 15 is 0 Å². The number of hydrogen-bond acceptors (Lipinski definition) is 1. The Kier molecular flexibility index (Phi) is 5.35. The lowest BCUT2D eigenvalue weighted by Gasteiger charge is -2.28. The van der Waals surface area contributed by atoms with E-state index in [1.807, 2.05) is 0 Å². The molecule has 1 fully saturated rings. The van der Waals surface area contributed by atoms with Gasteiger partial charge in [0.15, 0.2) is 0 Å². The van der Waals surface area contributed by atoms with E-state index in [1.165, 1.54) is 32.1 Å². The first-order valence-corrected chi connectivity index (χ1v) is 6.71. The van der Waals surface area contributed by atoms with Crippen molar-refractivity contribution in [3.8, 4) is 12.3 Å². The molecule has 0 amide bonds. The number of rotatable bonds is 3. The van der Waals surface area contributed by atoms with Crippen molar-refractivity contribution in [2.75, 3.05) is 6.54 Å². The summed E-state index contributed by atoms with van der Waals surface area (Å²) in [5, 5.41) is 3.64. The molecule has 1 saturated carbocycles. The van der Waals surface area contributed by atoms with E-state index in [9.17, 15) is 0 Å². The number of nitrogens with one attached hydrogen (secondary N) is 1. The van der Waals surface area contributed by atoms with Gasteiger partial charge in [-0.3, -0.25) is 0 Å². The Balaban J connectivity index is 2.48. The van der Waals surface area contributed by atoms with Crippen LogP contribution in [0.15, 0.2) is 0 Å². The Morgan fingerprint density at radius 3 is 2.31 bits per heavy atom. The lowest BCUT2D eigenvalue weighted by atomic mass is 9.85. The van der Waals surface area contributed by atoms with Crippen LogP contribution in [-0.4, -0.2) is 12.1 Å². The summed E-state index contributed by atoms with van der Waals surface area (Å²) in [4.78, 5) is 0. The smallest absolute Gasteiger partial charge is 0.0117 e. The first-order chi connectivity index (χ1) is 7.53. The van der Waals surface area contributed by atoms with Gasteiger partial charge in [0.1, 0.15) is 0 Å². The highest BCUT2D eigenvalue weighted by molar-refractivity contribution is 4.90. The summed E-state index contributed by atoms with van der Waals surface area (Å²) in [6.45, 7) is 7.84. The molecule has 1 heteroatoms. The minimum atomic E-state index is 0.229. The predicted molar refractivity (Wildman–Crippen MR) is 71.3 cm³/mol. The van der Waals surface area contributed by atoms with E-state index < -0.39 is 0 Å². The molecular weight excluding hydrogens is 194 g/mol. The van der Waals surface area contributed by atoms with Crippen molar-refractivity contribution in [2.45, 2.75) is 64.8 Å². The van der Waals surface area contributed by atoms with E-state index in [0.29, 0.717) is 0 Å². The first-order valence-electron chi connectivity index (χ1n) is 6.71. The second-order valence-electron chi connectivity index (χ2n) is 6.20. The monoisotopic (exact) mass is 221 g/mol. The third kappa shape index (κ3) is 5.03. The van der Waals surface area contributed by atoms with Gasteiger partial charge in [0.2, 0.25) is 0 Å². The fraction of sp³-hybridized carbons (Fsp3) is 0.867. The Morgan fingerprint density at radius 2 is 1.75 bits per heavy atom. The van der Waals surface area contributed by atoms with Gasteiger partial charge in [-0.15, -0.1) is 12.3 Å². The van der Waals surface area contributed by atoms with Crippen LogP contribution < -0.4 is 5.32 Å². The summed E-state index contributed by atoms with van der Waals surface area (Å²) >= 11 is 0. The molecule has 0 radical (unpaired) electrons. The van der Waals surface area contributed by atoms with Crippen LogP contribution in [0.3, 0.4) is 0 Å². The van der Waals surface area contributed by atoms with Crippen LogP contribution in [0, 0.1) is 24.2 Å². The highest BCUT2D eigenvalue weighted by Gasteiger charge is 2.24. The molecule has 1 aliphatic rings. The minimum Gasteiger partial charge on any atom is -0.312 e. The molecule has 0 saturated heterocycles. The molecule has 1 aliphatic carbocycles. The Bertz CT molecular complexity index is 231. The summed E-state index contributed by atoms with van der Waals surface area (Å²) < 4.78 is 0. The van der Waals surface area contributed by atoms with Gasteiger partial charge in [-0.25, -0.2) is 0 Å². The van der Waals surface area contributed by atoms with E-state index in [-0.39, 0.29) is 5.54 Å². The number of terminal acetylenes is 1. The van der Waals surface area contributed by atoms with Crippen LogP contribution in [0.25, 0.3) is 0 Å². The maximum Gasteiger partial charge on any atom is 0.0117 e. The van der Waals surface area contributed by atoms with Gasteiger partial charge in [0.25, 0.3) is 0 Å². The topological polar surface area (TPSA) is 12.0 Å². The SMILES string of the molecule is C#CCC1CCCCCC1CNC(C)(C)C. The highest BCUT2D eigenvalue weighted by atomic mass is 14.9. The summed E-state index contributed by atoms with van der Waals surface area (Å²) in [5.74, 6) is 4.41. The third-order valence-electron chi connectivity index (χ3n) is 3.59. The summed E-state index contributed by atoms with van der Waals surface area (Å²) in [6.07, 6.45) is 13.3. The van der Waals surface area contributed by atoms with Crippen molar-refractivity contribution in [3.05, 3.63) is 0 Å². The molecule has 0 aromatic heterocycles. The Morgan fingerprint density at radius 1 is 1.12 bits per heavy atom. The third-order valence-corrected chi connectivity index (χ3v) is 3.59. The maximum absolute atomic E-state index is 5.48. The van der Waals surface area contributed by atoms with Crippen molar-refractivity contribution >= 4 is 0 Å². The summed E-state index contributed by atoms with van der Waals surface area (Å²) in [6, 6.07) is 0. The van der Waals surface area contributed by atoms with Gasteiger partial charge in [0.05, 0.1) is 0 Å². The molecule has 2 atom stereocenters. The molecule has 1 N–H and O–H groups in total. The van der Waals surface area contributed by atoms with Gasteiger partial charge >= 0.3 is 0 Å². The molecule has 1 rings (SSSR count). The zero-order valence-electron chi connectivity index (χ0n) is 11.2. The molecule has 0 bridgehead atoms. The second-order valence-corrected chi connectivity index (χ2v) is 6.20. The summed E-state index contributed by atoms with van der Waals surface area (Å²) in [7, 11) is 0. The zero-order chi connectivity index (χ0) is 12.0. The Hall–Kier alpha value is -0.480. The van der Waals surface area contributed by atoms with Crippen molar-refractivity contribution < 1.29 is 0 Å². The molecule has 0 aromatic carbocycles. The fourth-order valence-corrected chi connectivity index (χ4v) is 2.59. The standard InChI is InChI=1S/C15H27N/c1-5-9-13-10-7-6-8-11-14(13)12-16-15(2,3)4/h1,13-14,16H,6-12H2,2-4H3. The van der Waals surface area contributed by atoms with Crippen molar-refractivity contribution in [1.82, 2.24) is 5.32 Å². The molecular formula is C15H27N. The quantitative estimate of drug-likeness (QED) is 0.567. The molecule has 0 heterocycles. The van der Waals surface area contributed by atoms with Gasteiger partial charge in [-0.1, -0.05) is 19.3 Å². The van der Waals surface area contributed by atoms with Gasteiger partial charge in [-0.2, -0.15) is 0 Å². The van der Waals surface area contributed by atoms with Crippen molar-refractivity contribution in [3.63, 3.8) is 0 Å². The van der Waals surface area contributed by atoms with Crippen molar-refractivity contribution in [2.24, 2.45) is 11.8 Å². The van der Waals surface area contributed by atoms with Crippen LogP contribution in [0.2, 0.25) is 0 Å². The molecule has 0 aromatic rings. The first kappa shape index (κ1) is 13.6. The molecule has 1 nitrogen and oxygen atoms in total. The highest BCUT2D eigenvalue weighted by Crippen LogP contribution is 2.30. The average molecular weight is 221 g/mol. The maximum atomic E-state index is 5.48. The number of hydrogen-bond donors (Lipinski definition) is 1. The second kappa shape index (κ2) is 6.30. The zero-order valence-corrected chi connectivity index (χ0v) is 11.2. The van der Waals surface area contributed by atoms with E-state index in [2.05, 4.69) is 32.0 Å². The Labute approximate surface area is 101 Å². The lowest BCUT2D eigenvalue weighted by molar-refractivity contribution is 0.275. The van der Waals surface area contributed by atoms with Crippen molar-refractivity contribution in [1.29, 1.82) is 0 Å². The van der Waals surface area contributed by atoms with Crippen LogP contribution >= 0.6 is 0 Å². The molecule has 2 unspecified atom stereocenters. The van der Waals surface area contributed by atoms with E-state index in [0.717, 1.165) is 24.8 Å². The van der Waals surface area contributed by atoms with Crippen LogP contribution in [-0.2, 0) is 0 Å². The van der Waals surface area contributed by atoms with Crippen LogP contribution in [0.4, 0.5) is 0 Å². The molecule has 16 heavy (non-hydrogen) atoms. The van der Waals surface area contributed by atoms with E-state index in [1.54, 1.807) is 0 Å². The predicted octanol–water partition coefficient (Wildman–Crippen LogP) is 3.59. The van der Waals surface area contributed by atoms with Crippen LogP contribution in [0.1, 0.15) is 59.3 Å². The van der Waals surface area contributed by atoms with Crippen LogP contribution in [0.5, 0.6) is 0 Å². The fourth-order valence-electron chi connectivity index (χ4n) is 2.59. The lowest BCUT2D eigenvalue weighted by Crippen LogP contribution is -2.40. The largest absolute Gasteiger partial charge is 0.312 e. The molecule has 0 spiro atoms. The average Bonchev–Trinajstić information content (AvgIpc) is 2.40. The summed E-state index contributed by atoms with van der Waals surface area (Å²) in [5.41, 5.74) is 0.229. The van der Waals surface area contributed by atoms with Gasteiger partial charge in [0, 0.05) is 12.0 Å². The van der Waals surface area contributed by atoms with E-state index in [4.69, 9.17) is 6.42 Å². The van der Waals surface area contributed by atoms with Gasteiger partial charge in [-0.05, 0) is 52.0 Å². The molecule has 92 valence electrons.